The van der Waals surface area contributed by atoms with Crippen LogP contribution in [0.3, 0.4) is 0 Å². The number of esters is 1. The van der Waals surface area contributed by atoms with E-state index < -0.39 is 53.0 Å². The monoisotopic (exact) mass is 487 g/mol. The van der Waals surface area contributed by atoms with Crippen molar-refractivity contribution in [1.29, 1.82) is 0 Å². The van der Waals surface area contributed by atoms with Crippen molar-refractivity contribution in [2.24, 2.45) is 0 Å². The zero-order valence-electron chi connectivity index (χ0n) is 17.7. The predicted octanol–water partition coefficient (Wildman–Crippen LogP) is 6.35. The molecule has 2 aromatic carbocycles. The highest BCUT2D eigenvalue weighted by molar-refractivity contribution is 7.34. The summed E-state index contributed by atoms with van der Waals surface area (Å²) < 4.78 is 79.2. The molecule has 1 heterocycles. The topological polar surface area (TPSA) is 48.0 Å². The van der Waals surface area contributed by atoms with Gasteiger partial charge in [0, 0.05) is 0 Å². The lowest BCUT2D eigenvalue weighted by Crippen LogP contribution is -2.43. The van der Waals surface area contributed by atoms with Gasteiger partial charge >= 0.3 is 5.97 Å². The van der Waals surface area contributed by atoms with Crippen LogP contribution in [0.15, 0.2) is 42.2 Å². The van der Waals surface area contributed by atoms with Crippen LogP contribution in [0.4, 0.5) is 27.4 Å². The second kappa shape index (κ2) is 10.1. The van der Waals surface area contributed by atoms with E-state index in [2.05, 4.69) is 0 Å². The summed E-state index contributed by atoms with van der Waals surface area (Å²) in [4.78, 5) is 18.4. The Kier molecular flexibility index (Phi) is 7.48. The van der Waals surface area contributed by atoms with Gasteiger partial charge in [-0.15, -0.1) is 8.19 Å². The summed E-state index contributed by atoms with van der Waals surface area (Å²) in [5.74, 6) is -11.3. The second-order valence-electron chi connectivity index (χ2n) is 7.08. The number of hydrogen-bond donors (Lipinski definition) is 0. The van der Waals surface area contributed by atoms with E-state index in [1.54, 1.807) is 50.0 Å². The molecule has 33 heavy (non-hydrogen) atoms. The minimum Gasteiger partial charge on any atom is -0.461 e. The van der Waals surface area contributed by atoms with E-state index >= 15 is 0 Å². The van der Waals surface area contributed by atoms with Crippen molar-refractivity contribution < 1.29 is 41.1 Å². The van der Waals surface area contributed by atoms with Crippen LogP contribution in [-0.4, -0.2) is 18.1 Å². The highest BCUT2D eigenvalue weighted by Crippen LogP contribution is 2.44. The normalized spacial score (nSPS) is 12.2. The third-order valence-corrected chi connectivity index (χ3v) is 5.36. The first kappa shape index (κ1) is 24.4. The summed E-state index contributed by atoms with van der Waals surface area (Å²) in [5, 5.41) is 1.12. The molecule has 0 spiro atoms. The third-order valence-electron chi connectivity index (χ3n) is 4.28. The van der Waals surface area contributed by atoms with Gasteiger partial charge in [-0.2, -0.15) is 13.8 Å². The van der Waals surface area contributed by atoms with Crippen LogP contribution in [0.25, 0.3) is 0 Å². The molecule has 1 aromatic heterocycles. The molecular weight excluding hydrogens is 468 g/mol. The highest BCUT2D eigenvalue weighted by Gasteiger charge is 2.32. The molecule has 0 amide bonds. The molecule has 3 rings (SSSR count). The largest absolute Gasteiger partial charge is 0.461 e. The maximum Gasteiger partial charge on any atom is 0.332 e. The number of carbonyl (C=O) groups is 1. The van der Waals surface area contributed by atoms with Gasteiger partial charge < -0.3 is 14.3 Å². The lowest BCUT2D eigenvalue weighted by atomic mass is 10.2. The molecule has 0 saturated heterocycles. The molecule has 0 saturated carbocycles. The Labute approximate surface area is 187 Å². The number of carbonyl (C=O) groups excluding carboxylic acids is 1. The molecule has 2 atom stereocenters. The highest BCUT2D eigenvalue weighted by atomic mass is 31.0. The first-order valence-corrected chi connectivity index (χ1v) is 10.8. The average Bonchev–Trinajstić information content (AvgIpc) is 3.25. The van der Waals surface area contributed by atoms with Crippen molar-refractivity contribution in [3.05, 3.63) is 71.3 Å². The summed E-state index contributed by atoms with van der Waals surface area (Å²) in [6.07, 6.45) is -0.430. The fourth-order valence-corrected chi connectivity index (χ4v) is 3.76. The minimum atomic E-state index is -2.30. The Morgan fingerprint density at radius 2 is 1.45 bits per heavy atom. The molecule has 3 aromatic rings. The summed E-state index contributed by atoms with van der Waals surface area (Å²) in [7, 11) is -0.208. The molecule has 0 N–H and O–H groups in total. The van der Waals surface area contributed by atoms with E-state index in [-0.39, 0.29) is 19.4 Å². The lowest BCUT2D eigenvalue weighted by Gasteiger charge is -2.29. The zero-order valence-corrected chi connectivity index (χ0v) is 18.7. The number of nitrogens with zero attached hydrogens (tertiary/aromatic N) is 1. The van der Waals surface area contributed by atoms with Crippen molar-refractivity contribution in [3.63, 3.8) is 0 Å². The maximum atomic E-state index is 14.2. The number of anilines is 1. The van der Waals surface area contributed by atoms with Crippen LogP contribution in [0.1, 0.15) is 20.8 Å². The first-order chi connectivity index (χ1) is 15.6. The molecule has 2 unspecified atom stereocenters. The quantitative estimate of drug-likeness (QED) is 0.122. The minimum absolute atomic E-state index is 0.135. The van der Waals surface area contributed by atoms with E-state index in [0.717, 1.165) is 5.06 Å². The third kappa shape index (κ3) is 5.22. The smallest absolute Gasteiger partial charge is 0.332 e. The summed E-state index contributed by atoms with van der Waals surface area (Å²) in [5.41, 5.74) is 0.135. The van der Waals surface area contributed by atoms with Crippen LogP contribution in [-0.2, 0) is 9.53 Å². The molecule has 5 nitrogen and oxygen atoms in total. The molecule has 0 aliphatic rings. The van der Waals surface area contributed by atoms with Gasteiger partial charge in [-0.05, 0) is 44.8 Å². The molecule has 176 valence electrons. The summed E-state index contributed by atoms with van der Waals surface area (Å²) in [6, 6.07) is 8.54. The molecule has 11 heteroatoms. The van der Waals surface area contributed by atoms with Gasteiger partial charge in [-0.1, -0.05) is 18.2 Å². The molecular formula is C22H19F5NO4P. The Morgan fingerprint density at radius 3 is 2.03 bits per heavy atom. The van der Waals surface area contributed by atoms with Crippen molar-refractivity contribution in [2.75, 3.05) is 5.06 Å². The Bertz CT molecular complexity index is 1110. The van der Waals surface area contributed by atoms with Crippen LogP contribution in [0.5, 0.6) is 17.2 Å². The van der Waals surface area contributed by atoms with E-state index in [1.807, 2.05) is 0 Å². The van der Waals surface area contributed by atoms with Gasteiger partial charge in [0.05, 0.1) is 6.10 Å². The summed E-state index contributed by atoms with van der Waals surface area (Å²) in [6.45, 7) is 4.78. The molecule has 0 radical (unpaired) electrons. The van der Waals surface area contributed by atoms with E-state index in [0.29, 0.717) is 5.75 Å². The Balaban J connectivity index is 2.02. The number of benzene rings is 2. The van der Waals surface area contributed by atoms with Gasteiger partial charge in [0.1, 0.15) is 5.42 Å². The van der Waals surface area contributed by atoms with Crippen molar-refractivity contribution in [2.45, 2.75) is 32.9 Å². The zero-order chi connectivity index (χ0) is 24.3. The van der Waals surface area contributed by atoms with Crippen LogP contribution in [0, 0.1) is 29.1 Å². The van der Waals surface area contributed by atoms with E-state index in [9.17, 15) is 26.7 Å². The van der Waals surface area contributed by atoms with Gasteiger partial charge in [-0.3, -0.25) is 0 Å². The number of para-hydroxylation sites is 1. The van der Waals surface area contributed by atoms with E-state index in [4.69, 9.17) is 14.3 Å². The number of hydrogen-bond acceptors (Lipinski definition) is 5. The van der Waals surface area contributed by atoms with Gasteiger partial charge in [-0.25, -0.2) is 18.0 Å². The summed E-state index contributed by atoms with van der Waals surface area (Å²) >= 11 is 0. The Hall–Kier alpha value is -3.26. The number of hydroxylamine groups is 1. The Morgan fingerprint density at radius 1 is 0.879 bits per heavy atom. The molecule has 0 bridgehead atoms. The van der Waals surface area contributed by atoms with Gasteiger partial charge in [0.15, 0.2) is 17.5 Å². The standard InChI is InChI=1S/C22H19F5NO4P/c1-11(2)30-22(29)12(3)28(32-13-7-5-4-6-8-13)21-14(9-10-33-21)31-20-18(26)16(24)15(23)17(25)19(20)27/h4-12,33H,1-3H3. The maximum absolute atomic E-state index is 14.2. The molecule has 0 fully saturated rings. The van der Waals surface area contributed by atoms with Crippen LogP contribution in [0.2, 0.25) is 0 Å². The fourth-order valence-electron chi connectivity index (χ4n) is 2.73. The lowest BCUT2D eigenvalue weighted by molar-refractivity contribution is -0.149. The van der Waals surface area contributed by atoms with Crippen LogP contribution >= 0.6 is 8.19 Å². The molecule has 0 aliphatic heterocycles. The van der Waals surface area contributed by atoms with Crippen molar-refractivity contribution in [3.8, 4) is 17.2 Å². The molecule has 0 aliphatic carbocycles. The fraction of sp³-hybridized carbons (Fsp3) is 0.227. The van der Waals surface area contributed by atoms with E-state index in [1.165, 1.54) is 13.0 Å². The average molecular weight is 487 g/mol. The number of ether oxygens (including phenoxy) is 2. The van der Waals surface area contributed by atoms with Crippen molar-refractivity contribution >= 4 is 19.6 Å². The van der Waals surface area contributed by atoms with Gasteiger partial charge in [0.2, 0.25) is 34.8 Å². The van der Waals surface area contributed by atoms with Gasteiger partial charge in [0.25, 0.3) is 0 Å². The van der Waals surface area contributed by atoms with Crippen LogP contribution < -0.4 is 14.6 Å². The SMILES string of the molecule is CC(C)OC(=O)C(C)N(Oc1ccccc1)c1[pH]ccc1Oc1c(F)c(F)c(F)c(F)c1F. The predicted molar refractivity (Wildman–Crippen MR) is 112 cm³/mol. The first-order valence-electron chi connectivity index (χ1n) is 9.71. The number of halogens is 5. The second-order valence-corrected chi connectivity index (χ2v) is 8.18. The van der Waals surface area contributed by atoms with Crippen molar-refractivity contribution in [1.82, 2.24) is 0 Å². The number of rotatable bonds is 8.